The Balaban J connectivity index is 0.00000156. The molecule has 0 spiro atoms. The number of aliphatic hydroxyl groups excluding tert-OH is 1. The molecule has 138 valence electrons. The number of pyridine rings is 1. The van der Waals surface area contributed by atoms with E-state index in [1.807, 2.05) is 30.3 Å². The number of likely N-dealkylation sites (tertiary alicyclic amines) is 1. The van der Waals surface area contributed by atoms with E-state index in [1.165, 1.54) is 0 Å². The van der Waals surface area contributed by atoms with Crippen LogP contribution in [0, 0.1) is 5.92 Å². The second-order valence-corrected chi connectivity index (χ2v) is 6.22. The van der Waals surface area contributed by atoms with Gasteiger partial charge in [0.25, 0.3) is 0 Å². The summed E-state index contributed by atoms with van der Waals surface area (Å²) in [4.78, 5) is 18.5. The van der Waals surface area contributed by atoms with Crippen LogP contribution in [0.15, 0.2) is 36.4 Å². The average Bonchev–Trinajstić information content (AvgIpc) is 2.93. The Labute approximate surface area is 160 Å². The lowest BCUT2D eigenvalue weighted by Crippen LogP contribution is -2.29. The lowest BCUT2D eigenvalue weighted by molar-refractivity contribution is -0.130. The Morgan fingerprint density at radius 1 is 1.20 bits per heavy atom. The van der Waals surface area contributed by atoms with Crippen LogP contribution in [0.2, 0.25) is 0 Å². The van der Waals surface area contributed by atoms with Crippen LogP contribution in [0.5, 0.6) is 0 Å². The summed E-state index contributed by atoms with van der Waals surface area (Å²) in [5.74, 6) is 0.133. The second kappa shape index (κ2) is 9.92. The summed E-state index contributed by atoms with van der Waals surface area (Å²) in [5.41, 5.74) is 7.38. The van der Waals surface area contributed by atoms with E-state index in [0.29, 0.717) is 38.9 Å². The van der Waals surface area contributed by atoms with Gasteiger partial charge < -0.3 is 15.7 Å². The van der Waals surface area contributed by atoms with Crippen molar-refractivity contribution in [2.24, 2.45) is 11.7 Å². The summed E-state index contributed by atoms with van der Waals surface area (Å²) in [7, 11) is 0. The molecule has 1 fully saturated rings. The molecular formula is C18H25Cl2N3O2. The number of para-hydroxylation sites is 1. The van der Waals surface area contributed by atoms with Crippen molar-refractivity contribution in [3.63, 3.8) is 0 Å². The molecule has 0 bridgehead atoms. The van der Waals surface area contributed by atoms with Gasteiger partial charge in [-0.3, -0.25) is 9.78 Å². The molecule has 0 unspecified atom stereocenters. The van der Waals surface area contributed by atoms with E-state index in [4.69, 9.17) is 5.73 Å². The molecule has 2 heterocycles. The minimum Gasteiger partial charge on any atom is -0.391 e. The Bertz CT molecular complexity index is 699. The third kappa shape index (κ3) is 5.28. The Hall–Kier alpha value is -1.40. The number of β-amino-alcohol motifs (C(OH)–C–C–N with tert-alkyl or cyclic N) is 1. The average molecular weight is 386 g/mol. The van der Waals surface area contributed by atoms with Gasteiger partial charge in [0.15, 0.2) is 0 Å². The van der Waals surface area contributed by atoms with E-state index in [0.717, 1.165) is 16.6 Å². The summed E-state index contributed by atoms with van der Waals surface area (Å²) < 4.78 is 0. The Kier molecular flexibility index (Phi) is 8.59. The fourth-order valence-electron chi connectivity index (χ4n) is 3.16. The highest BCUT2D eigenvalue weighted by Crippen LogP contribution is 2.23. The summed E-state index contributed by atoms with van der Waals surface area (Å²) in [6.07, 6.45) is 1.36. The molecule has 2 aromatic rings. The molecule has 1 aliphatic heterocycles. The van der Waals surface area contributed by atoms with Crippen LogP contribution < -0.4 is 5.73 Å². The number of fused-ring (bicyclic) bond motifs is 1. The number of hydrogen-bond acceptors (Lipinski definition) is 4. The van der Waals surface area contributed by atoms with Crippen molar-refractivity contribution < 1.29 is 9.90 Å². The zero-order valence-corrected chi connectivity index (χ0v) is 15.6. The largest absolute Gasteiger partial charge is 0.391 e. The third-order valence-electron chi connectivity index (χ3n) is 4.48. The first-order valence-corrected chi connectivity index (χ1v) is 8.18. The zero-order chi connectivity index (χ0) is 16.2. The quantitative estimate of drug-likeness (QED) is 0.826. The second-order valence-electron chi connectivity index (χ2n) is 6.22. The minimum atomic E-state index is -0.481. The van der Waals surface area contributed by atoms with E-state index in [-0.39, 0.29) is 36.6 Å². The third-order valence-corrected chi connectivity index (χ3v) is 4.48. The predicted molar refractivity (Wildman–Crippen MR) is 104 cm³/mol. The highest BCUT2D eigenvalue weighted by Gasteiger charge is 2.33. The monoisotopic (exact) mass is 385 g/mol. The van der Waals surface area contributed by atoms with Gasteiger partial charge in [0.2, 0.25) is 5.91 Å². The summed E-state index contributed by atoms with van der Waals surface area (Å²) in [6.45, 7) is 1.54. The number of carbonyl (C=O) groups is 1. The Morgan fingerprint density at radius 2 is 1.96 bits per heavy atom. The first kappa shape index (κ1) is 21.6. The van der Waals surface area contributed by atoms with Crippen molar-refractivity contribution in [1.29, 1.82) is 0 Å². The predicted octanol–water partition coefficient (Wildman–Crippen LogP) is 2.18. The number of benzene rings is 1. The van der Waals surface area contributed by atoms with Crippen molar-refractivity contribution in [3.8, 4) is 0 Å². The van der Waals surface area contributed by atoms with Crippen LogP contribution in [0.1, 0.15) is 18.5 Å². The molecule has 1 aliphatic rings. The molecule has 0 aliphatic carbocycles. The first-order valence-electron chi connectivity index (χ1n) is 8.18. The number of aromatic nitrogens is 1. The zero-order valence-electron chi connectivity index (χ0n) is 14.0. The molecular weight excluding hydrogens is 361 g/mol. The van der Waals surface area contributed by atoms with Gasteiger partial charge in [-0.2, -0.15) is 0 Å². The van der Waals surface area contributed by atoms with Crippen molar-refractivity contribution in [2.45, 2.75) is 25.4 Å². The van der Waals surface area contributed by atoms with Crippen molar-refractivity contribution in [2.75, 3.05) is 19.6 Å². The molecule has 2 atom stereocenters. The van der Waals surface area contributed by atoms with E-state index in [9.17, 15) is 9.90 Å². The van der Waals surface area contributed by atoms with Gasteiger partial charge in [-0.15, -0.1) is 24.8 Å². The van der Waals surface area contributed by atoms with Crippen molar-refractivity contribution in [1.82, 2.24) is 9.88 Å². The van der Waals surface area contributed by atoms with Gasteiger partial charge in [0, 0.05) is 36.5 Å². The number of amides is 1. The van der Waals surface area contributed by atoms with Gasteiger partial charge in [0.05, 0.1) is 11.6 Å². The highest BCUT2D eigenvalue weighted by molar-refractivity contribution is 5.85. The molecule has 7 heteroatoms. The van der Waals surface area contributed by atoms with Crippen molar-refractivity contribution in [3.05, 3.63) is 42.1 Å². The summed E-state index contributed by atoms with van der Waals surface area (Å²) in [5, 5.41) is 11.4. The number of hydrogen-bond donors (Lipinski definition) is 2. The molecule has 1 aromatic carbocycles. The molecule has 3 N–H and O–H groups in total. The van der Waals surface area contributed by atoms with E-state index >= 15 is 0 Å². The van der Waals surface area contributed by atoms with Gasteiger partial charge in [-0.05, 0) is 31.5 Å². The molecule has 25 heavy (non-hydrogen) atoms. The summed E-state index contributed by atoms with van der Waals surface area (Å²) >= 11 is 0. The van der Waals surface area contributed by atoms with E-state index < -0.39 is 6.10 Å². The van der Waals surface area contributed by atoms with E-state index in [2.05, 4.69) is 11.1 Å². The SMILES string of the molecule is Cl.Cl.NCCCC(=O)N1C[C@@H](Cc2ccc3ccccc3n2)[C@H](O)C1. The lowest BCUT2D eigenvalue weighted by atomic mass is 9.99. The molecule has 3 rings (SSSR count). The van der Waals surface area contributed by atoms with Crippen LogP contribution in [-0.2, 0) is 11.2 Å². The summed E-state index contributed by atoms with van der Waals surface area (Å²) in [6, 6.07) is 12.1. The lowest BCUT2D eigenvalue weighted by Gasteiger charge is -2.16. The van der Waals surface area contributed by atoms with Crippen LogP contribution in [0.4, 0.5) is 0 Å². The number of nitrogens with zero attached hydrogens (tertiary/aromatic N) is 2. The van der Waals surface area contributed by atoms with Gasteiger partial charge >= 0.3 is 0 Å². The minimum absolute atomic E-state index is 0. The number of carbonyl (C=O) groups excluding carboxylic acids is 1. The maximum absolute atomic E-state index is 12.1. The van der Waals surface area contributed by atoms with Crippen LogP contribution in [0.25, 0.3) is 10.9 Å². The maximum atomic E-state index is 12.1. The smallest absolute Gasteiger partial charge is 0.222 e. The fraction of sp³-hybridized carbons (Fsp3) is 0.444. The first-order chi connectivity index (χ1) is 11.2. The van der Waals surface area contributed by atoms with Gasteiger partial charge in [0.1, 0.15) is 0 Å². The molecule has 1 aromatic heterocycles. The van der Waals surface area contributed by atoms with Gasteiger partial charge in [-0.1, -0.05) is 24.3 Å². The molecule has 1 saturated heterocycles. The number of aliphatic hydroxyl groups is 1. The highest BCUT2D eigenvalue weighted by atomic mass is 35.5. The number of halogens is 2. The van der Waals surface area contributed by atoms with Crippen LogP contribution >= 0.6 is 24.8 Å². The topological polar surface area (TPSA) is 79.5 Å². The standard InChI is InChI=1S/C18H23N3O2.2ClH/c19-9-3-6-18(23)21-11-14(17(22)12-21)10-15-8-7-13-4-1-2-5-16(13)20-15;;/h1-2,4-5,7-8,14,17,22H,3,6,9-12,19H2;2*1H/t14-,17-;;/m1../s1. The Morgan fingerprint density at radius 3 is 2.72 bits per heavy atom. The number of nitrogens with two attached hydrogens (primary N) is 1. The van der Waals surface area contributed by atoms with Crippen LogP contribution in [-0.4, -0.2) is 46.6 Å². The maximum Gasteiger partial charge on any atom is 0.222 e. The number of rotatable bonds is 5. The van der Waals surface area contributed by atoms with Gasteiger partial charge in [-0.25, -0.2) is 0 Å². The molecule has 0 saturated carbocycles. The molecule has 5 nitrogen and oxygen atoms in total. The molecule has 0 radical (unpaired) electrons. The van der Waals surface area contributed by atoms with Crippen molar-refractivity contribution >= 4 is 41.6 Å². The molecule has 1 amide bonds. The van der Waals surface area contributed by atoms with Crippen LogP contribution in [0.3, 0.4) is 0 Å². The fourth-order valence-corrected chi connectivity index (χ4v) is 3.16. The normalized spacial score (nSPS) is 19.4. The van der Waals surface area contributed by atoms with E-state index in [1.54, 1.807) is 4.90 Å².